The topological polar surface area (TPSA) is 347 Å². The number of methoxy groups -OCH3 is 1. The van der Waals surface area contributed by atoms with E-state index in [1.54, 1.807) is 0 Å². The van der Waals surface area contributed by atoms with Crippen molar-refractivity contribution in [3.63, 3.8) is 0 Å². The largest absolute Gasteiger partial charge is 0.397 e. The highest BCUT2D eigenvalue weighted by Crippen LogP contribution is 2.38. The van der Waals surface area contributed by atoms with Crippen molar-refractivity contribution in [2.24, 2.45) is 11.8 Å². The summed E-state index contributed by atoms with van der Waals surface area (Å²) in [6.45, 7) is -0.0470. The number of rotatable bonds is 16. The standard InChI is InChI=1S/C15H28O24S5/c1-6-10(8(4-31-41(18,19)20)33-14(30-3)12(6)36-39-40(16)17)35-15-13(38-44(27,28)29)7(2)11(37-43(24,25)26)9(34-15)5-32-42(21,22)23/h6-15H,4-5H2,1-3H3,(H,16,17)(H,18,19,20)(H,21,22,23)(H,24,25,26)(H,27,28,29)/t6?,7?,8?,9?,10-,11-,12?,13?,14+,15+/m0/s1. The van der Waals surface area contributed by atoms with E-state index in [1.165, 1.54) is 6.92 Å². The second-order valence-corrected chi connectivity index (χ2v) is 13.7. The van der Waals surface area contributed by atoms with Crippen LogP contribution in [-0.2, 0) is 97.9 Å². The molecule has 2 heterocycles. The van der Waals surface area contributed by atoms with Crippen LogP contribution in [0.5, 0.6) is 0 Å². The fraction of sp³-hybridized carbons (Fsp3) is 1.00. The molecule has 0 spiro atoms. The summed E-state index contributed by atoms with van der Waals surface area (Å²) in [4.78, 5) is 4.85. The lowest BCUT2D eigenvalue weighted by Crippen LogP contribution is -2.62. The van der Waals surface area contributed by atoms with Gasteiger partial charge in [0.05, 0.1) is 19.3 Å². The van der Waals surface area contributed by atoms with Crippen LogP contribution in [0.2, 0.25) is 0 Å². The maximum Gasteiger partial charge on any atom is 0.397 e. The SMILES string of the molecule is CO[C@@H]1OC(COS(=O)(=O)O)[C@@H](O[C@H]2OC(COS(=O)(=O)O)[C@@H](OS(=O)(=O)O)C(C)C2OS(=O)(=O)O)C(C)C1OOS(=O)O. The highest BCUT2D eigenvalue weighted by molar-refractivity contribution is 7.81. The van der Waals surface area contributed by atoms with Crippen LogP contribution in [-0.4, -0.2) is 130 Å². The van der Waals surface area contributed by atoms with Crippen molar-refractivity contribution < 1.29 is 106 Å². The molecule has 2 saturated heterocycles. The van der Waals surface area contributed by atoms with Crippen LogP contribution in [0.15, 0.2) is 0 Å². The van der Waals surface area contributed by atoms with Crippen LogP contribution in [0.25, 0.3) is 0 Å². The molecule has 44 heavy (non-hydrogen) atoms. The molecule has 11 atom stereocenters. The molecule has 0 aromatic rings. The molecule has 0 aromatic carbocycles. The molecule has 5 N–H and O–H groups in total. The number of hydrogen-bond donors (Lipinski definition) is 5. The summed E-state index contributed by atoms with van der Waals surface area (Å²) < 4.78 is 191. The van der Waals surface area contributed by atoms with Crippen molar-refractivity contribution >= 4 is 53.0 Å². The van der Waals surface area contributed by atoms with Gasteiger partial charge in [-0.1, -0.05) is 13.8 Å². The lowest BCUT2D eigenvalue weighted by atomic mass is 9.89. The second-order valence-electron chi connectivity index (χ2n) is 8.89. The summed E-state index contributed by atoms with van der Waals surface area (Å²) in [5.74, 6) is -2.88. The highest BCUT2D eigenvalue weighted by Gasteiger charge is 2.54. The fourth-order valence-electron chi connectivity index (χ4n) is 4.22. The molecule has 24 nitrogen and oxygen atoms in total. The van der Waals surface area contributed by atoms with E-state index in [0.717, 1.165) is 14.0 Å². The Morgan fingerprint density at radius 2 is 1.09 bits per heavy atom. The molecule has 0 radical (unpaired) electrons. The molecule has 2 aliphatic rings. The highest BCUT2D eigenvalue weighted by atomic mass is 32.3. The number of ether oxygens (including phenoxy) is 4. The Balaban J connectivity index is 2.57. The molecule has 7 unspecified atom stereocenters. The van der Waals surface area contributed by atoms with Crippen molar-refractivity contribution in [1.82, 2.24) is 0 Å². The molecule has 0 amide bonds. The number of hydrogen-bond acceptors (Lipinski definition) is 19. The maximum absolute atomic E-state index is 11.7. The van der Waals surface area contributed by atoms with Crippen LogP contribution in [0.3, 0.4) is 0 Å². The van der Waals surface area contributed by atoms with Crippen LogP contribution >= 0.6 is 0 Å². The quantitative estimate of drug-likeness (QED) is 0.0460. The molecule has 2 rings (SSSR count). The van der Waals surface area contributed by atoms with Gasteiger partial charge in [0.2, 0.25) is 0 Å². The molecular formula is C15H28O24S5. The van der Waals surface area contributed by atoms with Gasteiger partial charge in [0, 0.05) is 18.9 Å². The molecule has 0 aliphatic carbocycles. The van der Waals surface area contributed by atoms with Crippen LogP contribution in [0, 0.1) is 11.8 Å². The first-order valence-electron chi connectivity index (χ1n) is 11.4. The van der Waals surface area contributed by atoms with Crippen LogP contribution < -0.4 is 0 Å². The molecule has 0 bridgehead atoms. The van der Waals surface area contributed by atoms with Gasteiger partial charge >= 0.3 is 53.0 Å². The molecule has 2 aliphatic heterocycles. The first-order chi connectivity index (χ1) is 19.9. The van der Waals surface area contributed by atoms with Gasteiger partial charge in [-0.25, -0.2) is 21.6 Å². The summed E-state index contributed by atoms with van der Waals surface area (Å²) in [6.07, 6.45) is -14.7. The van der Waals surface area contributed by atoms with E-state index >= 15 is 0 Å². The summed E-state index contributed by atoms with van der Waals surface area (Å²) in [6, 6.07) is 0. The van der Waals surface area contributed by atoms with E-state index in [4.69, 9.17) is 37.5 Å². The Bertz CT molecular complexity index is 1410. The summed E-state index contributed by atoms with van der Waals surface area (Å²) in [5.41, 5.74) is 0. The molecule has 29 heteroatoms. The first kappa shape index (κ1) is 39.5. The van der Waals surface area contributed by atoms with Crippen molar-refractivity contribution in [2.75, 3.05) is 20.3 Å². The van der Waals surface area contributed by atoms with Gasteiger partial charge in [0.15, 0.2) is 18.7 Å². The summed E-state index contributed by atoms with van der Waals surface area (Å²) >= 11 is -3.01. The monoisotopic (exact) mass is 752 g/mol. The summed E-state index contributed by atoms with van der Waals surface area (Å²) in [7, 11) is -20.1. The minimum atomic E-state index is -5.44. The molecular weight excluding hydrogens is 724 g/mol. The van der Waals surface area contributed by atoms with Gasteiger partial charge < -0.3 is 18.9 Å². The Morgan fingerprint density at radius 1 is 0.659 bits per heavy atom. The van der Waals surface area contributed by atoms with E-state index in [-0.39, 0.29) is 0 Å². The Kier molecular flexibility index (Phi) is 13.9. The van der Waals surface area contributed by atoms with Gasteiger partial charge in [-0.15, -0.1) is 4.33 Å². The predicted molar refractivity (Wildman–Crippen MR) is 132 cm³/mol. The fourth-order valence-corrected chi connectivity index (χ4v) is 6.11. The van der Waals surface area contributed by atoms with Crippen molar-refractivity contribution in [3.8, 4) is 0 Å². The van der Waals surface area contributed by atoms with Crippen molar-refractivity contribution in [3.05, 3.63) is 0 Å². The smallest absolute Gasteiger partial charge is 0.353 e. The average molecular weight is 753 g/mol. The lowest BCUT2D eigenvalue weighted by Gasteiger charge is -2.48. The third-order valence-electron chi connectivity index (χ3n) is 5.92. The van der Waals surface area contributed by atoms with Crippen molar-refractivity contribution in [2.45, 2.75) is 63.1 Å². The Morgan fingerprint density at radius 3 is 1.52 bits per heavy atom. The van der Waals surface area contributed by atoms with Crippen LogP contribution in [0.4, 0.5) is 0 Å². The Hall–Kier alpha value is -0.650. The predicted octanol–water partition coefficient (Wildman–Crippen LogP) is -2.79. The van der Waals surface area contributed by atoms with Gasteiger partial charge in [-0.2, -0.15) is 37.9 Å². The second kappa shape index (κ2) is 15.5. The first-order valence-corrected chi connectivity index (χ1v) is 17.9. The van der Waals surface area contributed by atoms with Gasteiger partial charge in [-0.3, -0.25) is 22.8 Å². The molecule has 2 fully saturated rings. The third kappa shape index (κ3) is 12.9. The van der Waals surface area contributed by atoms with Gasteiger partial charge in [0.1, 0.15) is 24.4 Å². The van der Waals surface area contributed by atoms with E-state index in [2.05, 4.69) is 21.1 Å². The molecule has 0 aromatic heterocycles. The zero-order valence-corrected chi connectivity index (χ0v) is 26.3. The summed E-state index contributed by atoms with van der Waals surface area (Å²) in [5, 5.41) is 0. The normalized spacial score (nSPS) is 34.9. The van der Waals surface area contributed by atoms with E-state index in [0.29, 0.717) is 0 Å². The van der Waals surface area contributed by atoms with Crippen LogP contribution in [0.1, 0.15) is 13.8 Å². The zero-order valence-electron chi connectivity index (χ0n) is 22.2. The average Bonchev–Trinajstić information content (AvgIpc) is 2.83. The minimum Gasteiger partial charge on any atom is -0.353 e. The van der Waals surface area contributed by atoms with E-state index in [1.807, 2.05) is 0 Å². The van der Waals surface area contributed by atoms with E-state index < -0.39 is 127 Å². The maximum atomic E-state index is 11.7. The lowest BCUT2D eigenvalue weighted by molar-refractivity contribution is -0.379. The van der Waals surface area contributed by atoms with Gasteiger partial charge in [0.25, 0.3) is 0 Å². The molecule has 0 saturated carbocycles. The van der Waals surface area contributed by atoms with Gasteiger partial charge in [-0.05, 0) is 0 Å². The minimum absolute atomic E-state index is 1.00. The molecule has 262 valence electrons. The zero-order chi connectivity index (χ0) is 33.8. The van der Waals surface area contributed by atoms with Crippen molar-refractivity contribution in [1.29, 1.82) is 0 Å². The third-order valence-corrected chi connectivity index (χ3v) is 7.91. The van der Waals surface area contributed by atoms with E-state index in [9.17, 15) is 47.0 Å². The Labute approximate surface area is 253 Å².